The second kappa shape index (κ2) is 6.64. The molecule has 0 aliphatic heterocycles. The molecule has 0 aliphatic rings. The quantitative estimate of drug-likeness (QED) is 0.768. The highest BCUT2D eigenvalue weighted by atomic mass is 35.5. The van der Waals surface area contributed by atoms with E-state index in [1.807, 2.05) is 24.3 Å². The summed E-state index contributed by atoms with van der Waals surface area (Å²) in [6.07, 6.45) is 0.668. The van der Waals surface area contributed by atoms with E-state index in [-0.39, 0.29) is 0 Å². The van der Waals surface area contributed by atoms with Crippen LogP contribution >= 0.6 is 23.2 Å². The van der Waals surface area contributed by atoms with Gasteiger partial charge in [0, 0.05) is 5.02 Å². The Bertz CT molecular complexity index is 609. The maximum absolute atomic E-state index is 11.0. The maximum atomic E-state index is 11.0. The van der Waals surface area contributed by atoms with Crippen LogP contribution in [0, 0.1) is 0 Å². The van der Waals surface area contributed by atoms with Crippen LogP contribution in [0.3, 0.4) is 0 Å². The number of hydrogen-bond donors (Lipinski definition) is 0. The molecule has 20 heavy (non-hydrogen) atoms. The van der Waals surface area contributed by atoms with Gasteiger partial charge in [-0.3, -0.25) is 4.79 Å². The number of hydrogen-bond acceptors (Lipinski definition) is 3. The predicted molar refractivity (Wildman–Crippen MR) is 79.2 cm³/mol. The molecule has 0 unspecified atom stereocenters. The monoisotopic (exact) mass is 310 g/mol. The molecule has 0 N–H and O–H groups in total. The average molecular weight is 311 g/mol. The molecule has 0 aromatic heterocycles. The first kappa shape index (κ1) is 14.7. The van der Waals surface area contributed by atoms with Gasteiger partial charge in [0.15, 0.2) is 6.29 Å². The van der Waals surface area contributed by atoms with Crippen LogP contribution in [0.1, 0.15) is 15.9 Å². The molecule has 5 heteroatoms. The lowest BCUT2D eigenvalue weighted by atomic mass is 10.2. The molecule has 0 radical (unpaired) electrons. The summed E-state index contributed by atoms with van der Waals surface area (Å²) in [4.78, 5) is 11.0. The number of halogens is 2. The molecular formula is C15H12Cl2O3. The Hall–Kier alpha value is -1.71. The van der Waals surface area contributed by atoms with Crippen molar-refractivity contribution in [2.24, 2.45) is 0 Å². The van der Waals surface area contributed by atoms with Gasteiger partial charge >= 0.3 is 0 Å². The van der Waals surface area contributed by atoms with Gasteiger partial charge in [-0.2, -0.15) is 0 Å². The van der Waals surface area contributed by atoms with E-state index in [1.54, 1.807) is 13.2 Å². The zero-order chi connectivity index (χ0) is 14.5. The molecule has 104 valence electrons. The van der Waals surface area contributed by atoms with Gasteiger partial charge in [-0.15, -0.1) is 0 Å². The van der Waals surface area contributed by atoms with Gasteiger partial charge in [-0.05, 0) is 29.8 Å². The molecule has 0 aliphatic carbocycles. The van der Waals surface area contributed by atoms with E-state index >= 15 is 0 Å². The van der Waals surface area contributed by atoms with E-state index in [2.05, 4.69) is 0 Å². The van der Waals surface area contributed by atoms with Crippen molar-refractivity contribution >= 4 is 29.5 Å². The summed E-state index contributed by atoms with van der Waals surface area (Å²) in [7, 11) is 1.61. The lowest BCUT2D eigenvalue weighted by Gasteiger charge is -2.11. The molecule has 0 saturated carbocycles. The van der Waals surface area contributed by atoms with Crippen LogP contribution in [0.2, 0.25) is 10.0 Å². The molecule has 2 aromatic carbocycles. The van der Waals surface area contributed by atoms with Crippen molar-refractivity contribution in [1.82, 2.24) is 0 Å². The standard InChI is InChI=1S/C15H12Cl2O3/c1-19-13-4-2-10(3-5-13)9-20-15-11(8-18)6-12(16)7-14(15)17/h2-8H,9H2,1H3. The summed E-state index contributed by atoms with van der Waals surface area (Å²) in [5.41, 5.74) is 1.27. The lowest BCUT2D eigenvalue weighted by molar-refractivity contribution is 0.111. The van der Waals surface area contributed by atoms with E-state index in [1.165, 1.54) is 6.07 Å². The zero-order valence-corrected chi connectivity index (χ0v) is 12.2. The van der Waals surface area contributed by atoms with Gasteiger partial charge in [0.25, 0.3) is 0 Å². The van der Waals surface area contributed by atoms with E-state index in [9.17, 15) is 4.79 Å². The van der Waals surface area contributed by atoms with Crippen molar-refractivity contribution in [1.29, 1.82) is 0 Å². The summed E-state index contributed by atoms with van der Waals surface area (Å²) >= 11 is 11.9. The molecule has 0 fully saturated rings. The number of carbonyl (C=O) groups excluding carboxylic acids is 1. The summed E-state index contributed by atoms with van der Waals surface area (Å²) < 4.78 is 10.7. The Kier molecular flexibility index (Phi) is 4.88. The molecule has 2 rings (SSSR count). The molecule has 0 heterocycles. The lowest BCUT2D eigenvalue weighted by Crippen LogP contribution is -1.99. The highest BCUT2D eigenvalue weighted by molar-refractivity contribution is 6.36. The average Bonchev–Trinajstić information content (AvgIpc) is 2.46. The molecule has 3 nitrogen and oxygen atoms in total. The van der Waals surface area contributed by atoms with Crippen LogP contribution < -0.4 is 9.47 Å². The van der Waals surface area contributed by atoms with Gasteiger partial charge in [0.1, 0.15) is 18.1 Å². The van der Waals surface area contributed by atoms with Crippen LogP contribution in [-0.4, -0.2) is 13.4 Å². The molecule has 0 bridgehead atoms. The minimum absolute atomic E-state index is 0.298. The summed E-state index contributed by atoms with van der Waals surface area (Å²) in [5, 5.41) is 0.710. The smallest absolute Gasteiger partial charge is 0.153 e. The number of benzene rings is 2. The Balaban J connectivity index is 2.15. The fourth-order valence-corrected chi connectivity index (χ4v) is 2.26. The topological polar surface area (TPSA) is 35.5 Å². The number of carbonyl (C=O) groups is 1. The highest BCUT2D eigenvalue weighted by Crippen LogP contribution is 2.32. The van der Waals surface area contributed by atoms with E-state index in [0.717, 1.165) is 11.3 Å². The minimum Gasteiger partial charge on any atom is -0.497 e. The summed E-state index contributed by atoms with van der Waals surface area (Å²) in [5.74, 6) is 1.11. The van der Waals surface area contributed by atoms with E-state index in [4.69, 9.17) is 32.7 Å². The SMILES string of the molecule is COc1ccc(COc2c(Cl)cc(Cl)cc2C=O)cc1. The third-order valence-electron chi connectivity index (χ3n) is 2.71. The van der Waals surface area contributed by atoms with Gasteiger partial charge < -0.3 is 9.47 Å². The fourth-order valence-electron chi connectivity index (χ4n) is 1.70. The zero-order valence-electron chi connectivity index (χ0n) is 10.7. The van der Waals surface area contributed by atoms with Crippen LogP contribution in [0.15, 0.2) is 36.4 Å². The fraction of sp³-hybridized carbons (Fsp3) is 0.133. The molecule has 2 aromatic rings. The molecule has 0 saturated heterocycles. The van der Waals surface area contributed by atoms with E-state index in [0.29, 0.717) is 34.3 Å². The van der Waals surface area contributed by atoms with Crippen LogP contribution in [0.25, 0.3) is 0 Å². The Labute approximate surface area is 127 Å². The predicted octanol–water partition coefficient (Wildman–Crippen LogP) is 4.39. The number of ether oxygens (including phenoxy) is 2. The molecule has 0 amide bonds. The molecular weight excluding hydrogens is 299 g/mol. The first-order valence-corrected chi connectivity index (χ1v) is 6.59. The Morgan fingerprint density at radius 3 is 2.45 bits per heavy atom. The first-order chi connectivity index (χ1) is 9.63. The maximum Gasteiger partial charge on any atom is 0.153 e. The third-order valence-corrected chi connectivity index (χ3v) is 3.21. The van der Waals surface area contributed by atoms with Crippen LogP contribution in [0.5, 0.6) is 11.5 Å². The van der Waals surface area contributed by atoms with Crippen molar-refractivity contribution in [2.45, 2.75) is 6.61 Å². The Morgan fingerprint density at radius 2 is 1.85 bits per heavy atom. The van der Waals surface area contributed by atoms with Crippen molar-refractivity contribution in [3.05, 3.63) is 57.6 Å². The molecule has 0 spiro atoms. The number of methoxy groups -OCH3 is 1. The second-order valence-electron chi connectivity index (χ2n) is 4.06. The van der Waals surface area contributed by atoms with Crippen molar-refractivity contribution in [3.8, 4) is 11.5 Å². The normalized spacial score (nSPS) is 10.2. The van der Waals surface area contributed by atoms with Crippen LogP contribution in [0.4, 0.5) is 0 Å². The minimum atomic E-state index is 0.298. The molecule has 0 atom stereocenters. The number of rotatable bonds is 5. The number of aldehydes is 1. The largest absolute Gasteiger partial charge is 0.497 e. The van der Waals surface area contributed by atoms with Gasteiger partial charge in [0.2, 0.25) is 0 Å². The summed E-state index contributed by atoms with van der Waals surface area (Å²) in [6, 6.07) is 10.5. The van der Waals surface area contributed by atoms with Crippen molar-refractivity contribution in [3.63, 3.8) is 0 Å². The highest BCUT2D eigenvalue weighted by Gasteiger charge is 2.10. The van der Waals surface area contributed by atoms with Crippen molar-refractivity contribution < 1.29 is 14.3 Å². The van der Waals surface area contributed by atoms with Crippen LogP contribution in [-0.2, 0) is 6.61 Å². The summed E-state index contributed by atoms with van der Waals surface area (Å²) in [6.45, 7) is 0.298. The van der Waals surface area contributed by atoms with Crippen molar-refractivity contribution in [2.75, 3.05) is 7.11 Å². The van der Waals surface area contributed by atoms with Gasteiger partial charge in [-0.25, -0.2) is 0 Å². The van der Waals surface area contributed by atoms with Gasteiger partial charge in [0.05, 0.1) is 17.7 Å². The second-order valence-corrected chi connectivity index (χ2v) is 4.90. The third kappa shape index (κ3) is 3.44. The first-order valence-electron chi connectivity index (χ1n) is 5.84. The van der Waals surface area contributed by atoms with E-state index < -0.39 is 0 Å². The van der Waals surface area contributed by atoms with Gasteiger partial charge in [-0.1, -0.05) is 35.3 Å². The Morgan fingerprint density at radius 1 is 1.15 bits per heavy atom.